The van der Waals surface area contributed by atoms with Crippen LogP contribution < -0.4 is 5.32 Å². The molecule has 0 spiro atoms. The van der Waals surface area contributed by atoms with Gasteiger partial charge in [-0.3, -0.25) is 4.99 Å². The largest absolute Gasteiger partial charge is 0.344 e. The van der Waals surface area contributed by atoms with Crippen LogP contribution >= 0.6 is 12.4 Å². The van der Waals surface area contributed by atoms with Gasteiger partial charge >= 0.3 is 0 Å². The van der Waals surface area contributed by atoms with E-state index in [1.165, 1.54) is 48.9 Å². The fourth-order valence-corrected chi connectivity index (χ4v) is 2.71. The maximum Gasteiger partial charge on any atom is 0.0979 e. The predicted octanol–water partition coefficient (Wildman–Crippen LogP) is 4.89. The number of hydrogen-bond acceptors (Lipinski definition) is 1. The third-order valence-corrected chi connectivity index (χ3v) is 3.74. The zero-order valence-corrected chi connectivity index (χ0v) is 13.0. The minimum Gasteiger partial charge on any atom is -0.344 e. The molecule has 0 aromatic heterocycles. The molecule has 3 heteroatoms. The van der Waals surface area contributed by atoms with Gasteiger partial charge in [0.05, 0.1) is 11.9 Å². The number of para-hydroxylation sites is 1. The molecule has 1 aromatic carbocycles. The van der Waals surface area contributed by atoms with Gasteiger partial charge in [0.1, 0.15) is 0 Å². The minimum atomic E-state index is 0. The van der Waals surface area contributed by atoms with Crippen molar-refractivity contribution in [3.8, 4) is 0 Å². The Morgan fingerprint density at radius 1 is 1.11 bits per heavy atom. The smallest absolute Gasteiger partial charge is 0.0979 e. The Morgan fingerprint density at radius 2 is 1.68 bits per heavy atom. The highest BCUT2D eigenvalue weighted by Crippen LogP contribution is 2.22. The van der Waals surface area contributed by atoms with Crippen LogP contribution in [0, 0.1) is 13.8 Å². The van der Waals surface area contributed by atoms with Gasteiger partial charge in [0, 0.05) is 5.69 Å². The summed E-state index contributed by atoms with van der Waals surface area (Å²) in [6.45, 7) is 6.37. The molecule has 0 bridgehead atoms. The van der Waals surface area contributed by atoms with Crippen molar-refractivity contribution in [1.82, 2.24) is 0 Å². The van der Waals surface area contributed by atoms with Crippen LogP contribution in [0.3, 0.4) is 0 Å². The Balaban J connectivity index is 0.00000180. The van der Waals surface area contributed by atoms with E-state index in [4.69, 9.17) is 4.99 Å². The average molecular weight is 281 g/mol. The first-order chi connectivity index (χ1) is 8.66. The van der Waals surface area contributed by atoms with Gasteiger partial charge in [0.25, 0.3) is 0 Å². The topological polar surface area (TPSA) is 24.4 Å². The molecule has 1 N–H and O–H groups in total. The lowest BCUT2D eigenvalue weighted by atomic mass is 9.96. The molecule has 19 heavy (non-hydrogen) atoms. The number of anilines is 1. The zero-order valence-electron chi connectivity index (χ0n) is 12.2. The van der Waals surface area contributed by atoms with Crippen molar-refractivity contribution in [1.29, 1.82) is 0 Å². The lowest BCUT2D eigenvalue weighted by Gasteiger charge is -2.19. The quantitative estimate of drug-likeness (QED) is 0.605. The lowest BCUT2D eigenvalue weighted by Crippen LogP contribution is -2.16. The molecule has 1 aromatic rings. The van der Waals surface area contributed by atoms with Gasteiger partial charge in [0.2, 0.25) is 0 Å². The fourth-order valence-electron chi connectivity index (χ4n) is 2.71. The first-order valence-corrected chi connectivity index (χ1v) is 7.04. The Morgan fingerprint density at radius 3 is 2.26 bits per heavy atom. The summed E-state index contributed by atoms with van der Waals surface area (Å²) in [6, 6.07) is 6.92. The van der Waals surface area contributed by atoms with E-state index in [1.807, 2.05) is 0 Å². The summed E-state index contributed by atoms with van der Waals surface area (Å²) in [5.41, 5.74) is 3.79. The Kier molecular flexibility index (Phi) is 6.36. The molecule has 1 aliphatic carbocycles. The van der Waals surface area contributed by atoms with E-state index >= 15 is 0 Å². The zero-order chi connectivity index (χ0) is 13.0. The molecule has 0 atom stereocenters. The molecule has 0 aliphatic heterocycles. The summed E-state index contributed by atoms with van der Waals surface area (Å²) < 4.78 is 0. The van der Waals surface area contributed by atoms with E-state index in [0.717, 1.165) is 5.84 Å². The van der Waals surface area contributed by atoms with Gasteiger partial charge in [0.15, 0.2) is 0 Å². The number of hydrogen-bond donors (Lipinski definition) is 1. The number of nitrogens with zero attached hydrogens (tertiary/aromatic N) is 1. The number of amidine groups is 1. The second-order valence-electron chi connectivity index (χ2n) is 5.40. The van der Waals surface area contributed by atoms with Crippen LogP contribution in [0.4, 0.5) is 5.69 Å². The second-order valence-corrected chi connectivity index (χ2v) is 5.40. The van der Waals surface area contributed by atoms with E-state index < -0.39 is 0 Å². The summed E-state index contributed by atoms with van der Waals surface area (Å²) in [5.74, 6) is 1.05. The third-order valence-electron chi connectivity index (χ3n) is 3.74. The number of halogens is 1. The van der Waals surface area contributed by atoms with Crippen LogP contribution in [0.5, 0.6) is 0 Å². The van der Waals surface area contributed by atoms with Crippen molar-refractivity contribution in [2.75, 3.05) is 5.32 Å². The lowest BCUT2D eigenvalue weighted by molar-refractivity contribution is 0.443. The minimum absolute atomic E-state index is 0. The first kappa shape index (κ1) is 16.0. The predicted molar refractivity (Wildman–Crippen MR) is 86.8 cm³/mol. The monoisotopic (exact) mass is 280 g/mol. The molecule has 1 fully saturated rings. The molecule has 106 valence electrons. The summed E-state index contributed by atoms with van der Waals surface area (Å²) in [5, 5.41) is 3.48. The normalized spacial score (nSPS) is 16.9. The van der Waals surface area contributed by atoms with Gasteiger partial charge in [-0.2, -0.15) is 0 Å². The molecule has 0 radical (unpaired) electrons. The number of nitrogens with one attached hydrogen (secondary N) is 1. The standard InChI is InChI=1S/C16H24N2.ClH/c1-12-8-7-9-13(2)16(12)18-14(3)17-15-10-5-4-6-11-15;/h7-9,15H,4-6,10-11H2,1-3H3,(H,17,18);1H. The molecule has 0 heterocycles. The second kappa shape index (κ2) is 7.54. The van der Waals surface area contributed by atoms with Crippen molar-refractivity contribution in [3.05, 3.63) is 29.3 Å². The van der Waals surface area contributed by atoms with Gasteiger partial charge in [-0.1, -0.05) is 37.5 Å². The van der Waals surface area contributed by atoms with Crippen molar-refractivity contribution in [2.45, 2.75) is 58.9 Å². The summed E-state index contributed by atoms with van der Waals surface area (Å²) in [6.07, 6.45) is 6.57. The molecule has 2 rings (SSSR count). The first-order valence-electron chi connectivity index (χ1n) is 7.04. The molecule has 0 amide bonds. The SMILES string of the molecule is CC(=NC1CCCCC1)Nc1c(C)cccc1C.Cl. The highest BCUT2D eigenvalue weighted by Gasteiger charge is 2.12. The van der Waals surface area contributed by atoms with E-state index in [0.29, 0.717) is 6.04 Å². The maximum absolute atomic E-state index is 4.82. The van der Waals surface area contributed by atoms with Crippen LogP contribution in [-0.4, -0.2) is 11.9 Å². The Hall–Kier alpha value is -1.02. The van der Waals surface area contributed by atoms with Gasteiger partial charge in [-0.05, 0) is 44.7 Å². The van der Waals surface area contributed by atoms with Crippen LogP contribution in [0.25, 0.3) is 0 Å². The number of rotatable bonds is 2. The van der Waals surface area contributed by atoms with E-state index in [1.54, 1.807) is 0 Å². The maximum atomic E-state index is 4.82. The highest BCUT2D eigenvalue weighted by molar-refractivity contribution is 5.95. The van der Waals surface area contributed by atoms with Crippen molar-refractivity contribution in [2.24, 2.45) is 4.99 Å². The summed E-state index contributed by atoms with van der Waals surface area (Å²) in [4.78, 5) is 4.82. The molecular formula is C16H25ClN2. The van der Waals surface area contributed by atoms with Gasteiger partial charge in [-0.15, -0.1) is 12.4 Å². The van der Waals surface area contributed by atoms with E-state index in [-0.39, 0.29) is 12.4 Å². The number of aryl methyl sites for hydroxylation is 2. The van der Waals surface area contributed by atoms with Gasteiger partial charge < -0.3 is 5.32 Å². The van der Waals surface area contributed by atoms with Crippen molar-refractivity contribution < 1.29 is 0 Å². The molecule has 1 aliphatic rings. The molecule has 0 unspecified atom stereocenters. The van der Waals surface area contributed by atoms with E-state index in [9.17, 15) is 0 Å². The Bertz CT molecular complexity index is 414. The number of aliphatic imine (C=N–C) groups is 1. The Labute approximate surface area is 123 Å². The van der Waals surface area contributed by atoms with Crippen LogP contribution in [0.2, 0.25) is 0 Å². The van der Waals surface area contributed by atoms with Gasteiger partial charge in [-0.25, -0.2) is 0 Å². The summed E-state index contributed by atoms with van der Waals surface area (Å²) >= 11 is 0. The van der Waals surface area contributed by atoms with Crippen LogP contribution in [0.1, 0.15) is 50.2 Å². The van der Waals surface area contributed by atoms with Crippen molar-refractivity contribution in [3.63, 3.8) is 0 Å². The molecular weight excluding hydrogens is 256 g/mol. The fraction of sp³-hybridized carbons (Fsp3) is 0.562. The molecule has 1 saturated carbocycles. The molecule has 0 saturated heterocycles. The molecule has 2 nitrogen and oxygen atoms in total. The van der Waals surface area contributed by atoms with Crippen LogP contribution in [0.15, 0.2) is 23.2 Å². The van der Waals surface area contributed by atoms with Crippen molar-refractivity contribution >= 4 is 23.9 Å². The average Bonchev–Trinajstić information content (AvgIpc) is 2.35. The third kappa shape index (κ3) is 4.54. The summed E-state index contributed by atoms with van der Waals surface area (Å²) in [7, 11) is 0. The van der Waals surface area contributed by atoms with Crippen LogP contribution in [-0.2, 0) is 0 Å². The van der Waals surface area contributed by atoms with E-state index in [2.05, 4.69) is 44.3 Å². The highest BCUT2D eigenvalue weighted by atomic mass is 35.5. The number of benzene rings is 1.